The summed E-state index contributed by atoms with van der Waals surface area (Å²) in [5.74, 6) is 0.916. The summed E-state index contributed by atoms with van der Waals surface area (Å²) in [6.45, 7) is 0.698. The van der Waals surface area contributed by atoms with Crippen LogP contribution in [0.3, 0.4) is 0 Å². The van der Waals surface area contributed by atoms with Crippen LogP contribution in [0.15, 0.2) is 0 Å². The van der Waals surface area contributed by atoms with Gasteiger partial charge in [0.2, 0.25) is 5.13 Å². The van der Waals surface area contributed by atoms with Crippen molar-refractivity contribution >= 4 is 16.7 Å². The van der Waals surface area contributed by atoms with Crippen molar-refractivity contribution in [2.75, 3.05) is 25.7 Å². The van der Waals surface area contributed by atoms with Crippen LogP contribution >= 0.6 is 11.5 Å². The first-order valence-corrected chi connectivity index (χ1v) is 8.13. The largest absolute Gasteiger partial charge is 0.384 e. The van der Waals surface area contributed by atoms with Crippen molar-refractivity contribution in [2.45, 2.75) is 57.4 Å². The van der Waals surface area contributed by atoms with E-state index in [0.717, 1.165) is 17.4 Å². The van der Waals surface area contributed by atoms with E-state index >= 15 is 0 Å². The van der Waals surface area contributed by atoms with E-state index in [1.54, 1.807) is 7.11 Å². The molecule has 0 atom stereocenters. The summed E-state index contributed by atoms with van der Waals surface area (Å²) in [4.78, 5) is 6.98. The molecule has 1 fully saturated rings. The van der Waals surface area contributed by atoms with Gasteiger partial charge in [-0.1, -0.05) is 32.1 Å². The van der Waals surface area contributed by atoms with Crippen LogP contribution in [0.1, 0.15) is 50.8 Å². The number of nitrogens with zero attached hydrogens (tertiary/aromatic N) is 3. The monoisotopic (exact) mass is 283 g/mol. The lowest BCUT2D eigenvalue weighted by molar-refractivity contribution is 0.201. The molecule has 5 heteroatoms. The van der Waals surface area contributed by atoms with Crippen LogP contribution in [0.2, 0.25) is 0 Å². The molecule has 2 rings (SSSR count). The van der Waals surface area contributed by atoms with Crippen LogP contribution in [-0.4, -0.2) is 36.2 Å². The van der Waals surface area contributed by atoms with Gasteiger partial charge in [-0.2, -0.15) is 4.37 Å². The Kier molecular flexibility index (Phi) is 6.04. The molecule has 0 N–H and O–H groups in total. The highest BCUT2D eigenvalue weighted by Gasteiger charge is 2.19. The van der Waals surface area contributed by atoms with Crippen LogP contribution in [0.25, 0.3) is 0 Å². The Hall–Kier alpha value is -0.680. The molecule has 1 heterocycles. The number of hydrogen-bond acceptors (Lipinski definition) is 5. The zero-order valence-corrected chi connectivity index (χ0v) is 12.9. The number of hydrogen-bond donors (Lipinski definition) is 0. The molecule has 1 aliphatic rings. The molecule has 108 valence electrons. The quantitative estimate of drug-likeness (QED) is 0.831. The van der Waals surface area contributed by atoms with E-state index in [9.17, 15) is 0 Å². The van der Waals surface area contributed by atoms with Crippen LogP contribution in [-0.2, 0) is 11.2 Å². The van der Waals surface area contributed by atoms with E-state index in [1.165, 1.54) is 56.5 Å². The fraction of sp³-hybridized carbons (Fsp3) is 0.857. The summed E-state index contributed by atoms with van der Waals surface area (Å²) in [6.07, 6.45) is 10.3. The van der Waals surface area contributed by atoms with E-state index in [0.29, 0.717) is 12.6 Å². The number of ether oxygens (including phenoxy) is 1. The summed E-state index contributed by atoms with van der Waals surface area (Å²) >= 11 is 1.52. The lowest BCUT2D eigenvalue weighted by Crippen LogP contribution is -2.32. The third kappa shape index (κ3) is 4.42. The van der Waals surface area contributed by atoms with Crippen molar-refractivity contribution in [2.24, 2.45) is 0 Å². The van der Waals surface area contributed by atoms with Gasteiger partial charge in [0, 0.05) is 38.2 Å². The minimum atomic E-state index is 0.642. The second-order valence-corrected chi connectivity index (χ2v) is 6.08. The molecule has 1 aromatic rings. The number of anilines is 1. The fourth-order valence-electron chi connectivity index (χ4n) is 2.66. The highest BCUT2D eigenvalue weighted by atomic mass is 32.1. The molecule has 1 saturated carbocycles. The van der Waals surface area contributed by atoms with Crippen LogP contribution in [0, 0.1) is 0 Å². The Morgan fingerprint density at radius 3 is 2.58 bits per heavy atom. The van der Waals surface area contributed by atoms with Crippen LogP contribution < -0.4 is 4.90 Å². The fourth-order valence-corrected chi connectivity index (χ4v) is 3.40. The molecule has 0 unspecified atom stereocenters. The predicted octanol–water partition coefficient (Wildman–Crippen LogP) is 3.28. The highest BCUT2D eigenvalue weighted by molar-refractivity contribution is 7.09. The van der Waals surface area contributed by atoms with Gasteiger partial charge in [-0.25, -0.2) is 4.98 Å². The molecule has 1 aromatic heterocycles. The summed E-state index contributed by atoms with van der Waals surface area (Å²) in [5, 5.41) is 1.07. The van der Waals surface area contributed by atoms with Gasteiger partial charge in [0.05, 0.1) is 6.61 Å². The molecule has 0 bridgehead atoms. The molecule has 0 radical (unpaired) electrons. The Morgan fingerprint density at radius 2 is 1.89 bits per heavy atom. The first kappa shape index (κ1) is 14.7. The minimum Gasteiger partial charge on any atom is -0.384 e. The normalized spacial score (nSPS) is 18.0. The molecule has 0 spiro atoms. The second kappa shape index (κ2) is 7.80. The Labute approximate surface area is 120 Å². The second-order valence-electron chi connectivity index (χ2n) is 5.35. The molecule has 4 nitrogen and oxygen atoms in total. The summed E-state index contributed by atoms with van der Waals surface area (Å²) < 4.78 is 9.49. The standard InChI is InChI=1S/C14H25N3OS/c1-17(12-8-6-4-3-5-7-9-12)14-15-13(16-19-14)10-11-18-2/h12H,3-11H2,1-2H3. The average Bonchev–Trinajstić information content (AvgIpc) is 2.84. The van der Waals surface area contributed by atoms with Gasteiger partial charge in [0.1, 0.15) is 5.82 Å². The van der Waals surface area contributed by atoms with E-state index in [1.807, 2.05) is 0 Å². The van der Waals surface area contributed by atoms with E-state index in [4.69, 9.17) is 4.74 Å². The van der Waals surface area contributed by atoms with E-state index < -0.39 is 0 Å². The molecule has 1 aliphatic carbocycles. The summed E-state index contributed by atoms with van der Waals surface area (Å²) in [5.41, 5.74) is 0. The minimum absolute atomic E-state index is 0.642. The lowest BCUT2D eigenvalue weighted by atomic mass is 9.96. The van der Waals surface area contributed by atoms with Crippen molar-refractivity contribution in [3.05, 3.63) is 5.82 Å². The zero-order chi connectivity index (χ0) is 13.5. The molecule has 19 heavy (non-hydrogen) atoms. The molecule has 0 amide bonds. The van der Waals surface area contributed by atoms with Gasteiger partial charge in [-0.15, -0.1) is 0 Å². The molecule has 0 saturated heterocycles. The van der Waals surface area contributed by atoms with Crippen molar-refractivity contribution in [1.29, 1.82) is 0 Å². The van der Waals surface area contributed by atoms with Crippen molar-refractivity contribution in [1.82, 2.24) is 9.36 Å². The van der Waals surface area contributed by atoms with Gasteiger partial charge in [0.15, 0.2) is 0 Å². The third-order valence-electron chi connectivity index (χ3n) is 3.91. The molecular formula is C14H25N3OS. The maximum absolute atomic E-state index is 5.07. The Morgan fingerprint density at radius 1 is 1.21 bits per heavy atom. The average molecular weight is 283 g/mol. The van der Waals surface area contributed by atoms with Gasteiger partial charge >= 0.3 is 0 Å². The van der Waals surface area contributed by atoms with Gasteiger partial charge < -0.3 is 9.64 Å². The Bertz CT molecular complexity index is 361. The van der Waals surface area contributed by atoms with E-state index in [-0.39, 0.29) is 0 Å². The Balaban J connectivity index is 1.92. The maximum atomic E-state index is 5.07. The SMILES string of the molecule is COCCc1nsc(N(C)C2CCCCCCC2)n1. The third-order valence-corrected chi connectivity index (χ3v) is 4.76. The number of aromatic nitrogens is 2. The highest BCUT2D eigenvalue weighted by Crippen LogP contribution is 2.26. The predicted molar refractivity (Wildman–Crippen MR) is 80.0 cm³/mol. The molecule has 0 aliphatic heterocycles. The topological polar surface area (TPSA) is 38.2 Å². The van der Waals surface area contributed by atoms with E-state index in [2.05, 4.69) is 21.3 Å². The number of rotatable bonds is 5. The maximum Gasteiger partial charge on any atom is 0.205 e. The van der Waals surface area contributed by atoms with Gasteiger partial charge in [-0.3, -0.25) is 0 Å². The lowest BCUT2D eigenvalue weighted by Gasteiger charge is -2.29. The smallest absolute Gasteiger partial charge is 0.205 e. The first-order valence-electron chi connectivity index (χ1n) is 7.35. The van der Waals surface area contributed by atoms with Crippen molar-refractivity contribution in [3.8, 4) is 0 Å². The first-order chi connectivity index (χ1) is 9.31. The van der Waals surface area contributed by atoms with Gasteiger partial charge in [0.25, 0.3) is 0 Å². The molecular weight excluding hydrogens is 258 g/mol. The van der Waals surface area contributed by atoms with Crippen molar-refractivity contribution in [3.63, 3.8) is 0 Å². The molecule has 0 aromatic carbocycles. The summed E-state index contributed by atoms with van der Waals surface area (Å²) in [7, 11) is 3.89. The summed E-state index contributed by atoms with van der Waals surface area (Å²) in [6, 6.07) is 0.642. The van der Waals surface area contributed by atoms with Crippen LogP contribution in [0.4, 0.5) is 5.13 Å². The zero-order valence-electron chi connectivity index (χ0n) is 12.1. The number of methoxy groups -OCH3 is 1. The van der Waals surface area contributed by atoms with Crippen LogP contribution in [0.5, 0.6) is 0 Å². The van der Waals surface area contributed by atoms with Crippen molar-refractivity contribution < 1.29 is 4.74 Å². The van der Waals surface area contributed by atoms with Gasteiger partial charge in [-0.05, 0) is 12.8 Å².